The van der Waals surface area contributed by atoms with Crippen molar-refractivity contribution >= 4 is 45.1 Å². The van der Waals surface area contributed by atoms with Gasteiger partial charge < -0.3 is 0 Å². The number of rotatable bonds is 1. The van der Waals surface area contributed by atoms with Gasteiger partial charge in [0.1, 0.15) is 11.6 Å². The van der Waals surface area contributed by atoms with E-state index >= 15 is 0 Å². The standard InChI is InChI=1S/C15H8BrClF2N2/c16-8-4-5-11-13(14(8)17)15(21-7-6-20-11)12-9(18)2-1-3-10(12)19/h1-6H,7H2. The Balaban J connectivity index is 2.33. The topological polar surface area (TPSA) is 24.7 Å². The van der Waals surface area contributed by atoms with Gasteiger partial charge in [-0.05, 0) is 40.2 Å². The molecule has 1 heterocycles. The first-order chi connectivity index (χ1) is 10.1. The highest BCUT2D eigenvalue weighted by atomic mass is 79.9. The number of halogens is 4. The van der Waals surface area contributed by atoms with Gasteiger partial charge in [-0.1, -0.05) is 17.7 Å². The lowest BCUT2D eigenvalue weighted by molar-refractivity contribution is 0.579. The van der Waals surface area contributed by atoms with Crippen molar-refractivity contribution in [3.63, 3.8) is 0 Å². The van der Waals surface area contributed by atoms with Crippen molar-refractivity contribution in [2.75, 3.05) is 6.54 Å². The Morgan fingerprint density at radius 3 is 2.48 bits per heavy atom. The molecule has 0 aromatic heterocycles. The van der Waals surface area contributed by atoms with E-state index in [0.717, 1.165) is 0 Å². The SMILES string of the molecule is Fc1cccc(F)c1C1=NCC=Nc2ccc(Br)c(Cl)c21. The van der Waals surface area contributed by atoms with Crippen LogP contribution in [0.15, 0.2) is 44.8 Å². The molecule has 0 saturated carbocycles. The van der Waals surface area contributed by atoms with Crippen LogP contribution in [0.1, 0.15) is 11.1 Å². The fourth-order valence-corrected chi connectivity index (χ4v) is 2.73. The second-order valence-electron chi connectivity index (χ2n) is 4.35. The summed E-state index contributed by atoms with van der Waals surface area (Å²) in [6.07, 6.45) is 1.58. The summed E-state index contributed by atoms with van der Waals surface area (Å²) < 4.78 is 28.8. The molecule has 0 saturated heterocycles. The Kier molecular flexibility index (Phi) is 3.87. The average molecular weight is 370 g/mol. The highest BCUT2D eigenvalue weighted by Gasteiger charge is 2.23. The van der Waals surface area contributed by atoms with Crippen molar-refractivity contribution in [2.24, 2.45) is 9.98 Å². The normalized spacial score (nSPS) is 13.6. The number of hydrogen-bond acceptors (Lipinski definition) is 2. The minimum Gasteiger partial charge on any atom is -0.278 e. The maximum Gasteiger partial charge on any atom is 0.135 e. The van der Waals surface area contributed by atoms with Gasteiger partial charge in [0.25, 0.3) is 0 Å². The maximum absolute atomic E-state index is 14.1. The Morgan fingerprint density at radius 1 is 1.05 bits per heavy atom. The summed E-state index contributed by atoms with van der Waals surface area (Å²) in [7, 11) is 0. The van der Waals surface area contributed by atoms with Crippen LogP contribution in [0.3, 0.4) is 0 Å². The highest BCUT2D eigenvalue weighted by molar-refractivity contribution is 9.10. The van der Waals surface area contributed by atoms with Crippen LogP contribution in [0.2, 0.25) is 5.02 Å². The molecule has 0 aliphatic carbocycles. The second-order valence-corrected chi connectivity index (χ2v) is 5.59. The minimum absolute atomic E-state index is 0.171. The molecular weight excluding hydrogens is 362 g/mol. The van der Waals surface area contributed by atoms with E-state index < -0.39 is 11.6 Å². The molecular formula is C15H8BrClF2N2. The van der Waals surface area contributed by atoms with E-state index in [4.69, 9.17) is 11.6 Å². The summed E-state index contributed by atoms with van der Waals surface area (Å²) in [5.74, 6) is -1.37. The van der Waals surface area contributed by atoms with E-state index in [1.54, 1.807) is 18.3 Å². The first kappa shape index (κ1) is 14.4. The third-order valence-electron chi connectivity index (χ3n) is 3.07. The molecule has 0 amide bonds. The summed E-state index contributed by atoms with van der Waals surface area (Å²) in [5, 5.41) is 0.327. The van der Waals surface area contributed by atoms with Gasteiger partial charge in [0, 0.05) is 16.3 Å². The van der Waals surface area contributed by atoms with E-state index in [1.807, 2.05) is 0 Å². The predicted octanol–water partition coefficient (Wildman–Crippen LogP) is 4.93. The third-order valence-corrected chi connectivity index (χ3v) is 4.35. The summed E-state index contributed by atoms with van der Waals surface area (Å²) in [4.78, 5) is 8.47. The van der Waals surface area contributed by atoms with Gasteiger partial charge in [-0.15, -0.1) is 0 Å². The van der Waals surface area contributed by atoms with E-state index in [9.17, 15) is 8.78 Å². The molecule has 106 valence electrons. The van der Waals surface area contributed by atoms with Gasteiger partial charge >= 0.3 is 0 Å². The molecule has 0 fully saturated rings. The van der Waals surface area contributed by atoms with Crippen molar-refractivity contribution in [1.29, 1.82) is 0 Å². The molecule has 0 spiro atoms. The number of nitrogens with zero attached hydrogens (tertiary/aromatic N) is 2. The monoisotopic (exact) mass is 368 g/mol. The number of benzene rings is 2. The fourth-order valence-electron chi connectivity index (χ4n) is 2.15. The molecule has 0 N–H and O–H groups in total. The van der Waals surface area contributed by atoms with Crippen molar-refractivity contribution < 1.29 is 8.78 Å². The number of fused-ring (bicyclic) bond motifs is 1. The first-order valence-corrected chi connectivity index (χ1v) is 7.26. The van der Waals surface area contributed by atoms with Crippen LogP contribution >= 0.6 is 27.5 Å². The highest BCUT2D eigenvalue weighted by Crippen LogP contribution is 2.36. The smallest absolute Gasteiger partial charge is 0.135 e. The molecule has 3 rings (SSSR count). The molecule has 1 aliphatic rings. The maximum atomic E-state index is 14.1. The van der Waals surface area contributed by atoms with Crippen LogP contribution in [0.4, 0.5) is 14.5 Å². The van der Waals surface area contributed by atoms with E-state index in [1.165, 1.54) is 18.2 Å². The Bertz CT molecular complexity index is 767. The molecule has 0 bridgehead atoms. The molecule has 2 aromatic rings. The molecule has 21 heavy (non-hydrogen) atoms. The van der Waals surface area contributed by atoms with Crippen LogP contribution in [0, 0.1) is 11.6 Å². The van der Waals surface area contributed by atoms with Gasteiger partial charge in [-0.3, -0.25) is 9.98 Å². The van der Waals surface area contributed by atoms with Gasteiger partial charge in [-0.2, -0.15) is 0 Å². The lowest BCUT2D eigenvalue weighted by atomic mass is 9.99. The molecule has 0 atom stereocenters. The summed E-state index contributed by atoms with van der Waals surface area (Å²) >= 11 is 9.60. The molecule has 0 unspecified atom stereocenters. The van der Waals surface area contributed by atoms with E-state index in [2.05, 4.69) is 25.9 Å². The van der Waals surface area contributed by atoms with E-state index in [0.29, 0.717) is 20.7 Å². The lowest BCUT2D eigenvalue weighted by Gasteiger charge is -2.13. The molecule has 6 heteroatoms. The second kappa shape index (κ2) is 5.66. The van der Waals surface area contributed by atoms with Crippen molar-refractivity contribution in [3.05, 3.63) is 62.6 Å². The lowest BCUT2D eigenvalue weighted by Crippen LogP contribution is -2.10. The van der Waals surface area contributed by atoms with E-state index in [-0.39, 0.29) is 17.8 Å². The average Bonchev–Trinajstić information content (AvgIpc) is 2.66. The van der Waals surface area contributed by atoms with Crippen LogP contribution in [-0.4, -0.2) is 18.5 Å². The van der Waals surface area contributed by atoms with Gasteiger partial charge in [0.05, 0.1) is 28.5 Å². The Labute approximate surface area is 133 Å². The fraction of sp³-hybridized carbons (Fsp3) is 0.0667. The van der Waals surface area contributed by atoms with Gasteiger partial charge in [-0.25, -0.2) is 8.78 Å². The number of hydrogen-bond donors (Lipinski definition) is 0. The molecule has 0 radical (unpaired) electrons. The minimum atomic E-state index is -0.683. The quantitative estimate of drug-likeness (QED) is 0.681. The van der Waals surface area contributed by atoms with Crippen molar-refractivity contribution in [1.82, 2.24) is 0 Å². The first-order valence-electron chi connectivity index (χ1n) is 6.09. The van der Waals surface area contributed by atoms with Crippen LogP contribution < -0.4 is 0 Å². The van der Waals surface area contributed by atoms with Crippen molar-refractivity contribution in [3.8, 4) is 0 Å². The van der Waals surface area contributed by atoms with Crippen molar-refractivity contribution in [2.45, 2.75) is 0 Å². The molecule has 2 nitrogen and oxygen atoms in total. The zero-order chi connectivity index (χ0) is 15.0. The van der Waals surface area contributed by atoms with Gasteiger partial charge in [0.15, 0.2) is 0 Å². The van der Waals surface area contributed by atoms with Crippen LogP contribution in [0.5, 0.6) is 0 Å². The molecule has 1 aliphatic heterocycles. The summed E-state index contributed by atoms with van der Waals surface area (Å²) in [6.45, 7) is 0.228. The number of aliphatic imine (C=N–C) groups is 2. The Morgan fingerprint density at radius 2 is 1.76 bits per heavy atom. The third kappa shape index (κ3) is 2.51. The zero-order valence-corrected chi connectivity index (χ0v) is 12.9. The van der Waals surface area contributed by atoms with Crippen LogP contribution in [-0.2, 0) is 0 Å². The van der Waals surface area contributed by atoms with Crippen LogP contribution in [0.25, 0.3) is 0 Å². The summed E-state index contributed by atoms with van der Waals surface area (Å²) in [5.41, 5.74) is 0.930. The zero-order valence-electron chi connectivity index (χ0n) is 10.6. The van der Waals surface area contributed by atoms with Gasteiger partial charge in [0.2, 0.25) is 0 Å². The Hall–Kier alpha value is -1.59. The largest absolute Gasteiger partial charge is 0.278 e. The summed E-state index contributed by atoms with van der Waals surface area (Å²) in [6, 6.07) is 7.16. The molecule has 2 aromatic carbocycles. The predicted molar refractivity (Wildman–Crippen MR) is 84.2 cm³/mol.